The summed E-state index contributed by atoms with van der Waals surface area (Å²) in [5.41, 5.74) is 2.89. The Morgan fingerprint density at radius 3 is 2.77 bits per heavy atom. The van der Waals surface area contributed by atoms with E-state index in [0.717, 1.165) is 10.4 Å². The van der Waals surface area contributed by atoms with Crippen molar-refractivity contribution < 1.29 is 13.9 Å². The number of carbonyl (C=O) groups is 1. The Hall–Kier alpha value is -2.73. The van der Waals surface area contributed by atoms with E-state index in [1.54, 1.807) is 24.4 Å². The molecule has 0 radical (unpaired) electrons. The minimum absolute atomic E-state index is 0.0925. The van der Waals surface area contributed by atoms with Crippen LogP contribution in [0, 0.1) is 19.7 Å². The van der Waals surface area contributed by atoms with Crippen molar-refractivity contribution in [2.24, 2.45) is 0 Å². The zero-order chi connectivity index (χ0) is 18.5. The molecule has 3 rings (SSSR count). The van der Waals surface area contributed by atoms with E-state index < -0.39 is 0 Å². The summed E-state index contributed by atoms with van der Waals surface area (Å²) in [6, 6.07) is 12.3. The third kappa shape index (κ3) is 4.67. The Balaban J connectivity index is 1.54. The summed E-state index contributed by atoms with van der Waals surface area (Å²) in [5.74, 6) is 0.130. The van der Waals surface area contributed by atoms with E-state index in [4.69, 9.17) is 4.74 Å². The fraction of sp³-hybridized carbons (Fsp3) is 0.200. The largest absolute Gasteiger partial charge is 0.484 e. The molecule has 0 atom stereocenters. The average molecular weight is 370 g/mol. The molecule has 0 saturated carbocycles. The summed E-state index contributed by atoms with van der Waals surface area (Å²) in [5, 5.41) is 3.19. The molecular formula is C20H19FN2O2S. The Morgan fingerprint density at radius 1 is 1.19 bits per heavy atom. The molecule has 6 heteroatoms. The van der Waals surface area contributed by atoms with Gasteiger partial charge in [-0.05, 0) is 48.7 Å². The van der Waals surface area contributed by atoms with Crippen LogP contribution >= 0.6 is 11.3 Å². The van der Waals surface area contributed by atoms with Gasteiger partial charge < -0.3 is 4.74 Å². The topological polar surface area (TPSA) is 51.2 Å². The number of nitrogens with one attached hydrogen (secondary N) is 1. The molecule has 1 N–H and O–H groups in total. The van der Waals surface area contributed by atoms with Gasteiger partial charge in [0.1, 0.15) is 11.6 Å². The maximum absolute atomic E-state index is 13.7. The number of hydrogen-bond donors (Lipinski definition) is 1. The van der Waals surface area contributed by atoms with Gasteiger partial charge in [0.25, 0.3) is 5.91 Å². The maximum atomic E-state index is 13.7. The number of carbonyl (C=O) groups excluding carboxylic acids is 1. The first-order chi connectivity index (χ1) is 12.5. The molecule has 0 unspecified atom stereocenters. The zero-order valence-electron chi connectivity index (χ0n) is 14.6. The highest BCUT2D eigenvalue weighted by atomic mass is 32.1. The van der Waals surface area contributed by atoms with Crippen LogP contribution in [0.4, 0.5) is 9.52 Å². The lowest BCUT2D eigenvalue weighted by Crippen LogP contribution is -2.20. The summed E-state index contributed by atoms with van der Waals surface area (Å²) >= 11 is 1.33. The fourth-order valence-corrected chi connectivity index (χ4v) is 3.24. The SMILES string of the molecule is Cc1ccc(OCC(=O)Nc2ncc(Cc3ccccc3F)s2)cc1C. The van der Waals surface area contributed by atoms with Crippen LogP contribution in [0.15, 0.2) is 48.7 Å². The molecular weight excluding hydrogens is 351 g/mol. The Labute approximate surface area is 155 Å². The van der Waals surface area contributed by atoms with Crippen LogP contribution in [0.25, 0.3) is 0 Å². The number of anilines is 1. The normalized spacial score (nSPS) is 10.6. The van der Waals surface area contributed by atoms with Gasteiger partial charge >= 0.3 is 0 Å². The van der Waals surface area contributed by atoms with Crippen molar-refractivity contribution in [1.29, 1.82) is 0 Å². The van der Waals surface area contributed by atoms with Gasteiger partial charge in [-0.3, -0.25) is 10.1 Å². The molecule has 1 amide bonds. The standard InChI is InChI=1S/C20H19FN2O2S/c1-13-7-8-16(9-14(13)2)25-12-19(24)23-20-22-11-17(26-20)10-15-5-3-4-6-18(15)21/h3-9,11H,10,12H2,1-2H3,(H,22,23,24). The Kier molecular flexibility index (Phi) is 5.63. The number of thiazole rings is 1. The van der Waals surface area contributed by atoms with Crippen molar-refractivity contribution >= 4 is 22.4 Å². The lowest BCUT2D eigenvalue weighted by Gasteiger charge is -2.07. The van der Waals surface area contributed by atoms with Crippen LogP contribution in [0.5, 0.6) is 5.75 Å². The first kappa shape index (κ1) is 18.1. The summed E-state index contributed by atoms with van der Waals surface area (Å²) in [7, 11) is 0. The lowest BCUT2D eigenvalue weighted by molar-refractivity contribution is -0.118. The second-order valence-corrected chi connectivity index (χ2v) is 7.10. The summed E-state index contributed by atoms with van der Waals surface area (Å²) in [4.78, 5) is 17.1. The highest BCUT2D eigenvalue weighted by molar-refractivity contribution is 7.15. The number of amides is 1. The van der Waals surface area contributed by atoms with Crippen LogP contribution in [0.1, 0.15) is 21.6 Å². The smallest absolute Gasteiger partial charge is 0.264 e. The van der Waals surface area contributed by atoms with E-state index in [1.807, 2.05) is 32.0 Å². The number of benzene rings is 2. The van der Waals surface area contributed by atoms with Crippen molar-refractivity contribution in [3.63, 3.8) is 0 Å². The van der Waals surface area contributed by atoms with E-state index in [-0.39, 0.29) is 18.3 Å². The summed E-state index contributed by atoms with van der Waals surface area (Å²) in [6.07, 6.45) is 2.09. The van der Waals surface area contributed by atoms with Gasteiger partial charge in [0.2, 0.25) is 0 Å². The highest BCUT2D eigenvalue weighted by Crippen LogP contribution is 2.22. The molecule has 26 heavy (non-hydrogen) atoms. The molecule has 0 spiro atoms. The second kappa shape index (κ2) is 8.10. The van der Waals surface area contributed by atoms with E-state index in [2.05, 4.69) is 10.3 Å². The zero-order valence-corrected chi connectivity index (χ0v) is 15.4. The second-order valence-electron chi connectivity index (χ2n) is 5.98. The van der Waals surface area contributed by atoms with Gasteiger partial charge in [0.15, 0.2) is 11.7 Å². The number of halogens is 1. The number of aryl methyl sites for hydroxylation is 2. The van der Waals surface area contributed by atoms with Gasteiger partial charge in [0.05, 0.1) is 0 Å². The van der Waals surface area contributed by atoms with Gasteiger partial charge in [-0.25, -0.2) is 9.37 Å². The monoisotopic (exact) mass is 370 g/mol. The van der Waals surface area contributed by atoms with Crippen LogP contribution < -0.4 is 10.1 Å². The third-order valence-corrected chi connectivity index (χ3v) is 4.88. The van der Waals surface area contributed by atoms with Crippen molar-refractivity contribution in [2.45, 2.75) is 20.3 Å². The van der Waals surface area contributed by atoms with Crippen LogP contribution in [0.2, 0.25) is 0 Å². The van der Waals surface area contributed by atoms with Crippen molar-refractivity contribution in [3.8, 4) is 5.75 Å². The molecule has 1 heterocycles. The summed E-state index contributed by atoms with van der Waals surface area (Å²) in [6.45, 7) is 3.92. The number of ether oxygens (including phenoxy) is 1. The lowest BCUT2D eigenvalue weighted by atomic mass is 10.1. The van der Waals surface area contributed by atoms with Crippen LogP contribution in [-0.4, -0.2) is 17.5 Å². The third-order valence-electron chi connectivity index (χ3n) is 3.97. The number of nitrogens with zero attached hydrogens (tertiary/aromatic N) is 1. The van der Waals surface area contributed by atoms with E-state index >= 15 is 0 Å². The molecule has 4 nitrogen and oxygen atoms in total. The number of hydrogen-bond acceptors (Lipinski definition) is 4. The Morgan fingerprint density at radius 2 is 2.00 bits per heavy atom. The first-order valence-corrected chi connectivity index (χ1v) is 9.01. The molecule has 0 bridgehead atoms. The predicted molar refractivity (Wildman–Crippen MR) is 101 cm³/mol. The van der Waals surface area contributed by atoms with E-state index in [9.17, 15) is 9.18 Å². The fourth-order valence-electron chi connectivity index (χ4n) is 2.38. The number of aromatic nitrogens is 1. The van der Waals surface area contributed by atoms with Crippen molar-refractivity contribution in [1.82, 2.24) is 4.98 Å². The van der Waals surface area contributed by atoms with Gasteiger partial charge in [-0.15, -0.1) is 11.3 Å². The first-order valence-electron chi connectivity index (χ1n) is 8.19. The van der Waals surface area contributed by atoms with Crippen molar-refractivity contribution in [3.05, 3.63) is 76.0 Å². The molecule has 134 valence electrons. The quantitative estimate of drug-likeness (QED) is 0.695. The molecule has 0 aliphatic rings. The van der Waals surface area contributed by atoms with Gasteiger partial charge in [-0.1, -0.05) is 24.3 Å². The van der Waals surface area contributed by atoms with Crippen LogP contribution in [0.3, 0.4) is 0 Å². The predicted octanol–water partition coefficient (Wildman–Crippen LogP) is 4.51. The molecule has 0 aliphatic heterocycles. The minimum atomic E-state index is -0.282. The number of rotatable bonds is 6. The molecule has 2 aromatic carbocycles. The molecule has 0 saturated heterocycles. The molecule has 0 fully saturated rings. The molecule has 0 aliphatic carbocycles. The summed E-state index contributed by atoms with van der Waals surface area (Å²) < 4.78 is 19.2. The van der Waals surface area contributed by atoms with E-state index in [0.29, 0.717) is 22.9 Å². The molecule has 1 aromatic heterocycles. The highest BCUT2D eigenvalue weighted by Gasteiger charge is 2.10. The van der Waals surface area contributed by atoms with Gasteiger partial charge in [-0.2, -0.15) is 0 Å². The van der Waals surface area contributed by atoms with Gasteiger partial charge in [0, 0.05) is 17.5 Å². The maximum Gasteiger partial charge on any atom is 0.264 e. The van der Waals surface area contributed by atoms with E-state index in [1.165, 1.54) is 23.0 Å². The minimum Gasteiger partial charge on any atom is -0.484 e. The average Bonchev–Trinajstić information content (AvgIpc) is 3.05. The Bertz CT molecular complexity index is 924. The molecule has 3 aromatic rings. The van der Waals surface area contributed by atoms with Crippen LogP contribution in [-0.2, 0) is 11.2 Å². The van der Waals surface area contributed by atoms with Crippen molar-refractivity contribution in [2.75, 3.05) is 11.9 Å².